The number of benzene rings is 2. The monoisotopic (exact) mass is 291 g/mol. The van der Waals surface area contributed by atoms with Gasteiger partial charge in [-0.25, -0.2) is 4.98 Å². The number of para-hydroxylation sites is 2. The highest BCUT2D eigenvalue weighted by Gasteiger charge is 2.08. The number of rotatable bonds is 2. The van der Waals surface area contributed by atoms with Crippen LogP contribution >= 0.6 is 23.2 Å². The van der Waals surface area contributed by atoms with E-state index in [1.165, 1.54) is 0 Å². The predicted octanol–water partition coefficient (Wildman–Crippen LogP) is 3.97. The van der Waals surface area contributed by atoms with Crippen molar-refractivity contribution >= 4 is 40.2 Å². The van der Waals surface area contributed by atoms with E-state index in [2.05, 4.69) is 4.98 Å². The second-order valence-electron chi connectivity index (χ2n) is 4.29. The molecule has 0 amide bonds. The Hall–Kier alpha value is -1.71. The normalized spacial score (nSPS) is 11.1. The molecule has 96 valence electrons. The van der Waals surface area contributed by atoms with Gasteiger partial charge in [-0.2, -0.15) is 0 Å². The van der Waals surface area contributed by atoms with Crippen LogP contribution in [0.4, 0.5) is 5.95 Å². The summed E-state index contributed by atoms with van der Waals surface area (Å²) in [4.78, 5) is 4.33. The molecule has 0 aliphatic carbocycles. The first-order valence-electron chi connectivity index (χ1n) is 5.80. The zero-order valence-electron chi connectivity index (χ0n) is 9.98. The van der Waals surface area contributed by atoms with Gasteiger partial charge in [0, 0.05) is 0 Å². The van der Waals surface area contributed by atoms with E-state index >= 15 is 0 Å². The zero-order chi connectivity index (χ0) is 13.4. The summed E-state index contributed by atoms with van der Waals surface area (Å²) in [6.07, 6.45) is 0. The lowest BCUT2D eigenvalue weighted by Gasteiger charge is -2.07. The third kappa shape index (κ3) is 2.27. The van der Waals surface area contributed by atoms with Gasteiger partial charge in [-0.15, -0.1) is 0 Å². The summed E-state index contributed by atoms with van der Waals surface area (Å²) in [6, 6.07) is 13.4. The first kappa shape index (κ1) is 12.3. The van der Waals surface area contributed by atoms with Crippen molar-refractivity contribution in [2.24, 2.45) is 0 Å². The van der Waals surface area contributed by atoms with Gasteiger partial charge in [-0.3, -0.25) is 0 Å². The van der Waals surface area contributed by atoms with E-state index in [9.17, 15) is 0 Å². The van der Waals surface area contributed by atoms with E-state index in [0.717, 1.165) is 16.6 Å². The van der Waals surface area contributed by atoms with E-state index in [0.29, 0.717) is 22.5 Å². The third-order valence-electron chi connectivity index (χ3n) is 3.01. The minimum absolute atomic E-state index is 0.493. The van der Waals surface area contributed by atoms with Gasteiger partial charge in [-0.05, 0) is 29.8 Å². The van der Waals surface area contributed by atoms with E-state index in [1.807, 2.05) is 41.0 Å². The summed E-state index contributed by atoms with van der Waals surface area (Å²) in [5.41, 5.74) is 8.89. The van der Waals surface area contributed by atoms with Gasteiger partial charge in [0.15, 0.2) is 0 Å². The average Bonchev–Trinajstić information content (AvgIpc) is 2.71. The second-order valence-corrected chi connectivity index (χ2v) is 5.11. The van der Waals surface area contributed by atoms with Crippen LogP contribution in [0.15, 0.2) is 42.5 Å². The summed E-state index contributed by atoms with van der Waals surface area (Å²) < 4.78 is 1.95. The maximum absolute atomic E-state index is 6.02. The molecule has 3 aromatic rings. The molecule has 0 fully saturated rings. The van der Waals surface area contributed by atoms with Crippen molar-refractivity contribution in [1.29, 1.82) is 0 Å². The Morgan fingerprint density at radius 1 is 1.05 bits per heavy atom. The van der Waals surface area contributed by atoms with Gasteiger partial charge in [-0.1, -0.05) is 41.4 Å². The summed E-state index contributed by atoms with van der Waals surface area (Å²) in [5.74, 6) is 0.493. The van der Waals surface area contributed by atoms with E-state index < -0.39 is 0 Å². The van der Waals surface area contributed by atoms with Crippen molar-refractivity contribution in [2.75, 3.05) is 5.73 Å². The molecule has 0 radical (unpaired) electrons. The van der Waals surface area contributed by atoms with E-state index in [1.54, 1.807) is 6.07 Å². The molecule has 19 heavy (non-hydrogen) atoms. The first-order valence-corrected chi connectivity index (χ1v) is 6.55. The molecule has 0 aliphatic rings. The van der Waals surface area contributed by atoms with E-state index in [4.69, 9.17) is 28.9 Å². The van der Waals surface area contributed by atoms with Gasteiger partial charge in [0.25, 0.3) is 0 Å². The molecule has 1 heterocycles. The van der Waals surface area contributed by atoms with Gasteiger partial charge in [0.2, 0.25) is 5.95 Å². The van der Waals surface area contributed by atoms with Crippen LogP contribution in [0.1, 0.15) is 5.56 Å². The van der Waals surface area contributed by atoms with Crippen LogP contribution in [-0.2, 0) is 6.54 Å². The summed E-state index contributed by atoms with van der Waals surface area (Å²) in [5, 5.41) is 1.09. The van der Waals surface area contributed by atoms with Crippen LogP contribution in [0, 0.1) is 0 Å². The number of nitrogens with zero attached hydrogens (tertiary/aromatic N) is 2. The quantitative estimate of drug-likeness (QED) is 0.776. The standard InChI is InChI=1S/C14H11Cl2N3/c15-10-6-5-9(7-11(10)16)8-19-13-4-2-1-3-12(13)18-14(19)17/h1-7H,8H2,(H2,17,18). The maximum atomic E-state index is 6.02. The lowest BCUT2D eigenvalue weighted by molar-refractivity contribution is 0.838. The van der Waals surface area contributed by atoms with Gasteiger partial charge < -0.3 is 10.3 Å². The largest absolute Gasteiger partial charge is 0.369 e. The predicted molar refractivity (Wildman–Crippen MR) is 79.7 cm³/mol. The van der Waals surface area contributed by atoms with Crippen LogP contribution in [0.3, 0.4) is 0 Å². The zero-order valence-corrected chi connectivity index (χ0v) is 11.5. The summed E-state index contributed by atoms with van der Waals surface area (Å²) in [7, 11) is 0. The number of halogens is 2. The summed E-state index contributed by atoms with van der Waals surface area (Å²) >= 11 is 11.9. The van der Waals surface area contributed by atoms with Crippen LogP contribution in [0.5, 0.6) is 0 Å². The Bertz CT molecular complexity index is 750. The van der Waals surface area contributed by atoms with Crippen LogP contribution in [-0.4, -0.2) is 9.55 Å². The van der Waals surface area contributed by atoms with Crippen molar-refractivity contribution in [3.8, 4) is 0 Å². The molecule has 0 bridgehead atoms. The Labute approximate surface area is 120 Å². The van der Waals surface area contributed by atoms with Crippen molar-refractivity contribution in [2.45, 2.75) is 6.54 Å². The van der Waals surface area contributed by atoms with Crippen molar-refractivity contribution < 1.29 is 0 Å². The Morgan fingerprint density at radius 2 is 1.84 bits per heavy atom. The molecule has 0 aliphatic heterocycles. The molecule has 3 nitrogen and oxygen atoms in total. The number of hydrogen-bond donors (Lipinski definition) is 1. The van der Waals surface area contributed by atoms with Gasteiger partial charge in [0.05, 0.1) is 27.6 Å². The Balaban J connectivity index is 2.05. The smallest absolute Gasteiger partial charge is 0.201 e. The van der Waals surface area contributed by atoms with Gasteiger partial charge in [0.1, 0.15) is 0 Å². The number of hydrogen-bond acceptors (Lipinski definition) is 2. The molecule has 2 N–H and O–H groups in total. The lowest BCUT2D eigenvalue weighted by Crippen LogP contribution is -2.04. The number of anilines is 1. The molecule has 0 unspecified atom stereocenters. The highest BCUT2D eigenvalue weighted by atomic mass is 35.5. The topological polar surface area (TPSA) is 43.8 Å². The molecule has 0 saturated heterocycles. The maximum Gasteiger partial charge on any atom is 0.201 e. The minimum Gasteiger partial charge on any atom is -0.369 e. The molecule has 0 saturated carbocycles. The number of aromatic nitrogens is 2. The fraction of sp³-hybridized carbons (Fsp3) is 0.0714. The molecule has 5 heteroatoms. The fourth-order valence-electron chi connectivity index (χ4n) is 2.08. The highest BCUT2D eigenvalue weighted by Crippen LogP contribution is 2.25. The Morgan fingerprint density at radius 3 is 2.63 bits per heavy atom. The third-order valence-corrected chi connectivity index (χ3v) is 3.75. The molecule has 2 aromatic carbocycles. The lowest BCUT2D eigenvalue weighted by atomic mass is 10.2. The molecule has 0 atom stereocenters. The Kier molecular flexibility index (Phi) is 3.09. The van der Waals surface area contributed by atoms with Crippen molar-refractivity contribution in [3.05, 3.63) is 58.1 Å². The van der Waals surface area contributed by atoms with E-state index in [-0.39, 0.29) is 0 Å². The molecule has 1 aromatic heterocycles. The van der Waals surface area contributed by atoms with Crippen molar-refractivity contribution in [3.63, 3.8) is 0 Å². The second kappa shape index (κ2) is 4.76. The number of nitrogen functional groups attached to an aromatic ring is 1. The van der Waals surface area contributed by atoms with Crippen LogP contribution in [0.2, 0.25) is 10.0 Å². The number of imidazole rings is 1. The molecule has 3 rings (SSSR count). The average molecular weight is 292 g/mol. The first-order chi connectivity index (χ1) is 9.15. The fourth-order valence-corrected chi connectivity index (χ4v) is 2.40. The van der Waals surface area contributed by atoms with Crippen molar-refractivity contribution in [1.82, 2.24) is 9.55 Å². The number of fused-ring (bicyclic) bond motifs is 1. The summed E-state index contributed by atoms with van der Waals surface area (Å²) in [6.45, 7) is 0.614. The molecular weight excluding hydrogens is 281 g/mol. The minimum atomic E-state index is 0.493. The SMILES string of the molecule is Nc1nc2ccccc2n1Cc1ccc(Cl)c(Cl)c1. The molecule has 0 spiro atoms. The molecular formula is C14H11Cl2N3. The highest BCUT2D eigenvalue weighted by molar-refractivity contribution is 6.42. The van der Waals surface area contributed by atoms with Gasteiger partial charge >= 0.3 is 0 Å². The van der Waals surface area contributed by atoms with Crippen LogP contribution < -0.4 is 5.73 Å². The van der Waals surface area contributed by atoms with Crippen LogP contribution in [0.25, 0.3) is 11.0 Å². The number of nitrogens with two attached hydrogens (primary N) is 1.